The Labute approximate surface area is 248 Å². The summed E-state index contributed by atoms with van der Waals surface area (Å²) in [6, 6.07) is 15.9. The van der Waals surface area contributed by atoms with Crippen molar-refractivity contribution in [1.82, 2.24) is 34.9 Å². The third-order valence-corrected chi connectivity index (χ3v) is 7.17. The first-order valence-electron chi connectivity index (χ1n) is 13.9. The number of nitrogens with zero attached hydrogens (tertiary/aromatic N) is 6. The summed E-state index contributed by atoms with van der Waals surface area (Å²) in [6.45, 7) is 12.1. The number of H-pyrrole nitrogens is 2. The van der Waals surface area contributed by atoms with Crippen LogP contribution in [0.2, 0.25) is 0 Å². The van der Waals surface area contributed by atoms with Gasteiger partial charge >= 0.3 is 0 Å². The SMILES string of the molecule is C=CC1=C(/C=C\C)c2nc1nc1[nH]c(ncc3ccccc3c(=NC)nc3[nH]c(n2)c2ccccc32)c(/C=C\C)c1C=C. The Bertz CT molecular complexity index is 2260. The highest BCUT2D eigenvalue weighted by atomic mass is 15.0. The third-order valence-electron chi connectivity index (χ3n) is 7.17. The van der Waals surface area contributed by atoms with E-state index in [1.54, 1.807) is 19.2 Å². The second kappa shape index (κ2) is 11.6. The Morgan fingerprint density at radius 2 is 1.28 bits per heavy atom. The molecule has 0 amide bonds. The van der Waals surface area contributed by atoms with E-state index in [0.717, 1.165) is 43.8 Å². The quantitative estimate of drug-likeness (QED) is 0.238. The van der Waals surface area contributed by atoms with Crippen molar-refractivity contribution in [3.05, 3.63) is 120 Å². The molecule has 0 saturated heterocycles. The Kier molecular flexibility index (Phi) is 7.41. The zero-order valence-electron chi connectivity index (χ0n) is 24.3. The minimum Gasteiger partial charge on any atom is -0.324 e. The fourth-order valence-electron chi connectivity index (χ4n) is 5.21. The van der Waals surface area contributed by atoms with Gasteiger partial charge in [0.25, 0.3) is 0 Å². The molecule has 0 fully saturated rings. The van der Waals surface area contributed by atoms with Gasteiger partial charge in [0, 0.05) is 57.1 Å². The van der Waals surface area contributed by atoms with Crippen molar-refractivity contribution in [2.75, 3.05) is 7.05 Å². The zero-order valence-corrected chi connectivity index (χ0v) is 24.3. The van der Waals surface area contributed by atoms with E-state index in [4.69, 9.17) is 24.9 Å². The molecule has 0 radical (unpaired) electrons. The molecule has 43 heavy (non-hydrogen) atoms. The van der Waals surface area contributed by atoms with Gasteiger partial charge in [-0.1, -0.05) is 98.1 Å². The van der Waals surface area contributed by atoms with Crippen molar-refractivity contribution < 1.29 is 0 Å². The Hall–Kier alpha value is -5.76. The summed E-state index contributed by atoms with van der Waals surface area (Å²) in [7, 11) is 1.74. The zero-order chi connectivity index (χ0) is 29.9. The van der Waals surface area contributed by atoms with E-state index in [1.807, 2.05) is 92.9 Å². The molecule has 8 nitrogen and oxygen atoms in total. The highest BCUT2D eigenvalue weighted by Crippen LogP contribution is 2.31. The summed E-state index contributed by atoms with van der Waals surface area (Å²) in [6.07, 6.45) is 13.2. The number of hydrogen-bond acceptors (Lipinski definition) is 6. The molecule has 0 atom stereocenters. The first-order valence-corrected chi connectivity index (χ1v) is 13.9. The molecule has 0 unspecified atom stereocenters. The van der Waals surface area contributed by atoms with Crippen LogP contribution in [0.15, 0.2) is 97.2 Å². The molecule has 2 aromatic carbocycles. The summed E-state index contributed by atoms with van der Waals surface area (Å²) in [5, 5.41) is 3.55. The maximum Gasteiger partial charge on any atom is 0.164 e. The van der Waals surface area contributed by atoms with Gasteiger partial charge in [0.05, 0.1) is 0 Å². The lowest BCUT2D eigenvalue weighted by molar-refractivity contribution is 1.12. The van der Waals surface area contributed by atoms with Crippen LogP contribution in [0.3, 0.4) is 0 Å². The minimum atomic E-state index is 0.490. The van der Waals surface area contributed by atoms with Crippen molar-refractivity contribution in [2.45, 2.75) is 13.8 Å². The predicted octanol–water partition coefficient (Wildman–Crippen LogP) is 7.37. The molecule has 8 heteroatoms. The number of benzene rings is 2. The highest BCUT2D eigenvalue weighted by Gasteiger charge is 2.20. The van der Waals surface area contributed by atoms with E-state index in [0.29, 0.717) is 39.7 Å². The van der Waals surface area contributed by atoms with Crippen molar-refractivity contribution in [3.63, 3.8) is 0 Å². The second-order valence-corrected chi connectivity index (χ2v) is 9.74. The summed E-state index contributed by atoms with van der Waals surface area (Å²) >= 11 is 0. The maximum absolute atomic E-state index is 5.02. The smallest absolute Gasteiger partial charge is 0.164 e. The number of aromatic amines is 2. The van der Waals surface area contributed by atoms with Crippen LogP contribution in [0.4, 0.5) is 0 Å². The van der Waals surface area contributed by atoms with Crippen LogP contribution in [-0.2, 0) is 0 Å². The van der Waals surface area contributed by atoms with Crippen LogP contribution < -0.4 is 5.49 Å². The van der Waals surface area contributed by atoms with Crippen LogP contribution >= 0.6 is 0 Å². The Morgan fingerprint density at radius 3 is 1.95 bits per heavy atom. The van der Waals surface area contributed by atoms with Crippen LogP contribution in [-0.4, -0.2) is 41.9 Å². The van der Waals surface area contributed by atoms with Gasteiger partial charge in [0.15, 0.2) is 17.1 Å². The van der Waals surface area contributed by atoms with Gasteiger partial charge in [-0.15, -0.1) is 0 Å². The third kappa shape index (κ3) is 4.89. The van der Waals surface area contributed by atoms with Gasteiger partial charge in [-0.05, 0) is 13.8 Å². The molecule has 6 rings (SSSR count). The van der Waals surface area contributed by atoms with Gasteiger partial charge in [-0.2, -0.15) is 0 Å². The lowest BCUT2D eigenvalue weighted by Crippen LogP contribution is -2.06. The first kappa shape index (κ1) is 27.4. The van der Waals surface area contributed by atoms with Gasteiger partial charge in [-0.3, -0.25) is 4.99 Å². The topological polar surface area (TPSA) is 108 Å². The fourth-order valence-corrected chi connectivity index (χ4v) is 5.21. The van der Waals surface area contributed by atoms with E-state index in [9.17, 15) is 0 Å². The van der Waals surface area contributed by atoms with Crippen LogP contribution in [0, 0.1) is 0 Å². The van der Waals surface area contributed by atoms with E-state index >= 15 is 0 Å². The van der Waals surface area contributed by atoms with Crippen LogP contribution in [0.25, 0.3) is 67.4 Å². The molecule has 3 aromatic heterocycles. The lowest BCUT2D eigenvalue weighted by Gasteiger charge is -1.96. The molecule has 2 N–H and O–H groups in total. The molecule has 1 aliphatic rings. The highest BCUT2D eigenvalue weighted by molar-refractivity contribution is 6.05. The fraction of sp³-hybridized carbons (Fsp3) is 0.0857. The normalized spacial score (nSPS) is 13.0. The maximum atomic E-state index is 5.02. The van der Waals surface area contributed by atoms with E-state index in [-0.39, 0.29) is 0 Å². The predicted molar refractivity (Wildman–Crippen MR) is 178 cm³/mol. The molecule has 0 aliphatic carbocycles. The van der Waals surface area contributed by atoms with Crippen molar-refractivity contribution in [2.24, 2.45) is 4.99 Å². The number of fused-ring (bicyclic) bond motifs is 10. The molecular formula is C35H30N8. The Balaban J connectivity index is 1.90. The van der Waals surface area contributed by atoms with Crippen molar-refractivity contribution in [3.8, 4) is 0 Å². The molecule has 0 saturated carbocycles. The van der Waals surface area contributed by atoms with Crippen molar-refractivity contribution >= 4 is 67.4 Å². The number of hydrogen-bond donors (Lipinski definition) is 2. The first-order chi connectivity index (χ1) is 21.1. The summed E-state index contributed by atoms with van der Waals surface area (Å²) in [4.78, 5) is 36.1. The second-order valence-electron chi connectivity index (χ2n) is 9.74. The minimum absolute atomic E-state index is 0.490. The number of aromatic nitrogens is 7. The largest absolute Gasteiger partial charge is 0.324 e. The molecule has 5 aromatic rings. The summed E-state index contributed by atoms with van der Waals surface area (Å²) in [5.74, 6) is 1.01. The number of allylic oxidation sites excluding steroid dienone is 6. The van der Waals surface area contributed by atoms with Crippen LogP contribution in [0.1, 0.15) is 36.6 Å². The summed E-state index contributed by atoms with van der Waals surface area (Å²) in [5.41, 5.74) is 6.35. The molecule has 4 heterocycles. The lowest BCUT2D eigenvalue weighted by atomic mass is 10.1. The van der Waals surface area contributed by atoms with Gasteiger partial charge in [-0.25, -0.2) is 24.9 Å². The number of nitrogens with one attached hydrogen (secondary N) is 2. The van der Waals surface area contributed by atoms with Gasteiger partial charge in [0.2, 0.25) is 0 Å². The molecule has 0 spiro atoms. The standard InChI is InChI=1S/C35H30N8/c1-6-14-25-22(8-3)31-39-30(25)37-20-21-16-10-11-17-24(21)29(36-5)38-34-27-18-12-13-19-28(27)35(43-34)42-33-26(15-7-2)23(9-4)32(40-31)41-33/h6-20H,3-4H2,1-2,5H3,(H2,36,37,38,39,40,41,42,43)/b14-6-,15-7-. The van der Waals surface area contributed by atoms with E-state index in [1.165, 1.54) is 0 Å². The molecule has 210 valence electrons. The average Bonchev–Trinajstić information content (AvgIpc) is 3.66. The molecule has 6 bridgehead atoms. The van der Waals surface area contributed by atoms with E-state index < -0.39 is 0 Å². The molecular weight excluding hydrogens is 532 g/mol. The van der Waals surface area contributed by atoms with Crippen molar-refractivity contribution in [1.29, 1.82) is 0 Å². The van der Waals surface area contributed by atoms with E-state index in [2.05, 4.69) is 28.1 Å². The number of rotatable bonds is 4. The average molecular weight is 563 g/mol. The van der Waals surface area contributed by atoms with Crippen LogP contribution in [0.5, 0.6) is 0 Å². The summed E-state index contributed by atoms with van der Waals surface area (Å²) < 4.78 is 0. The molecule has 1 aliphatic heterocycles. The van der Waals surface area contributed by atoms with Gasteiger partial charge in [0.1, 0.15) is 22.6 Å². The van der Waals surface area contributed by atoms with Gasteiger partial charge < -0.3 is 9.97 Å². The monoisotopic (exact) mass is 562 g/mol. The Morgan fingerprint density at radius 1 is 0.651 bits per heavy atom.